The molecule has 26 heavy (non-hydrogen) atoms. The molecule has 8 heteroatoms. The third kappa shape index (κ3) is 4.37. The number of amides is 1. The summed E-state index contributed by atoms with van der Waals surface area (Å²) in [4.78, 5) is 22.3. The summed E-state index contributed by atoms with van der Waals surface area (Å²) in [5.41, 5.74) is 2.55. The van der Waals surface area contributed by atoms with Gasteiger partial charge in [-0.25, -0.2) is 18.4 Å². The molecule has 1 aromatic heterocycles. The van der Waals surface area contributed by atoms with E-state index in [0.717, 1.165) is 5.56 Å². The summed E-state index contributed by atoms with van der Waals surface area (Å²) in [5, 5.41) is 3.18. The molecule has 0 aliphatic carbocycles. The fourth-order valence-electron chi connectivity index (χ4n) is 2.90. The lowest BCUT2D eigenvalue weighted by molar-refractivity contribution is 0.0741. The van der Waals surface area contributed by atoms with Crippen molar-refractivity contribution in [2.75, 3.05) is 23.9 Å². The van der Waals surface area contributed by atoms with Crippen LogP contribution in [0, 0.1) is 6.92 Å². The fraction of sp³-hybridized carbons (Fsp3) is 0.389. The quantitative estimate of drug-likeness (QED) is 0.856. The second-order valence-electron chi connectivity index (χ2n) is 6.60. The number of carbonyl (C=O) groups is 1. The molecule has 7 nitrogen and oxygen atoms in total. The van der Waals surface area contributed by atoms with Crippen molar-refractivity contribution in [2.45, 2.75) is 25.9 Å². The number of aromatic nitrogens is 2. The molecule has 0 radical (unpaired) electrons. The zero-order chi connectivity index (χ0) is 18.7. The van der Waals surface area contributed by atoms with Gasteiger partial charge in [-0.2, -0.15) is 0 Å². The van der Waals surface area contributed by atoms with Crippen molar-refractivity contribution in [3.63, 3.8) is 0 Å². The van der Waals surface area contributed by atoms with E-state index in [4.69, 9.17) is 0 Å². The number of carbonyl (C=O) groups excluding carboxylic acids is 1. The molecule has 1 amide bonds. The summed E-state index contributed by atoms with van der Waals surface area (Å²) in [6.45, 7) is 2.62. The molecule has 0 bridgehead atoms. The first-order chi connectivity index (χ1) is 12.3. The van der Waals surface area contributed by atoms with E-state index in [1.165, 1.54) is 16.8 Å². The summed E-state index contributed by atoms with van der Waals surface area (Å²) in [7, 11) is -1.43. The van der Waals surface area contributed by atoms with Gasteiger partial charge >= 0.3 is 0 Å². The van der Waals surface area contributed by atoms with Crippen LogP contribution in [0.5, 0.6) is 0 Å². The van der Waals surface area contributed by atoms with Crippen molar-refractivity contribution >= 4 is 21.6 Å². The summed E-state index contributed by atoms with van der Waals surface area (Å²) in [6, 6.07) is 9.43. The van der Waals surface area contributed by atoms with Crippen LogP contribution < -0.4 is 5.32 Å². The molecule has 2 heterocycles. The SMILES string of the molecule is Cc1ccc(CNc2cc(C(=O)N(C)C3CCS(=O)(=O)C3)ncn2)cc1. The number of nitrogens with one attached hydrogen (secondary N) is 1. The van der Waals surface area contributed by atoms with Gasteiger partial charge in [-0.1, -0.05) is 29.8 Å². The number of anilines is 1. The maximum atomic E-state index is 12.6. The van der Waals surface area contributed by atoms with Crippen molar-refractivity contribution in [3.05, 3.63) is 53.5 Å². The van der Waals surface area contributed by atoms with Gasteiger partial charge in [0.15, 0.2) is 9.84 Å². The van der Waals surface area contributed by atoms with Crippen molar-refractivity contribution in [1.29, 1.82) is 0 Å². The Kier molecular flexibility index (Phi) is 5.22. The Morgan fingerprint density at radius 3 is 2.65 bits per heavy atom. The van der Waals surface area contributed by atoms with Gasteiger partial charge < -0.3 is 10.2 Å². The average molecular weight is 374 g/mol. The minimum absolute atomic E-state index is 0.0128. The zero-order valence-corrected chi connectivity index (χ0v) is 15.7. The maximum Gasteiger partial charge on any atom is 0.272 e. The normalized spacial score (nSPS) is 18.5. The maximum absolute atomic E-state index is 12.6. The van der Waals surface area contributed by atoms with E-state index >= 15 is 0 Å². The standard InChI is InChI=1S/C18H22N4O3S/c1-13-3-5-14(6-4-13)10-19-17-9-16(20-12-21-17)18(23)22(2)15-7-8-26(24,25)11-15/h3-6,9,12,15H,7-8,10-11H2,1-2H3,(H,19,20,21). The van der Waals surface area contributed by atoms with Crippen LogP contribution in [0.2, 0.25) is 0 Å². The van der Waals surface area contributed by atoms with Crippen molar-refractivity contribution < 1.29 is 13.2 Å². The highest BCUT2D eigenvalue weighted by Crippen LogP contribution is 2.18. The molecule has 3 rings (SSSR count). The van der Waals surface area contributed by atoms with Crippen LogP contribution in [0.1, 0.15) is 28.0 Å². The minimum Gasteiger partial charge on any atom is -0.366 e. The molecular weight excluding hydrogens is 352 g/mol. The molecule has 1 aliphatic heterocycles. The lowest BCUT2D eigenvalue weighted by atomic mass is 10.1. The molecule has 1 fully saturated rings. The smallest absolute Gasteiger partial charge is 0.272 e. The van der Waals surface area contributed by atoms with Crippen LogP contribution >= 0.6 is 0 Å². The molecule has 1 unspecified atom stereocenters. The topological polar surface area (TPSA) is 92.3 Å². The Morgan fingerprint density at radius 2 is 2.00 bits per heavy atom. The first-order valence-corrected chi connectivity index (χ1v) is 10.3. The van der Waals surface area contributed by atoms with Gasteiger partial charge in [0.1, 0.15) is 17.8 Å². The van der Waals surface area contributed by atoms with Crippen LogP contribution in [-0.4, -0.2) is 53.8 Å². The van der Waals surface area contributed by atoms with E-state index in [1.54, 1.807) is 13.1 Å². The average Bonchev–Trinajstić information content (AvgIpc) is 3.00. The van der Waals surface area contributed by atoms with E-state index in [2.05, 4.69) is 15.3 Å². The number of rotatable bonds is 5. The van der Waals surface area contributed by atoms with Crippen molar-refractivity contribution in [1.82, 2.24) is 14.9 Å². The van der Waals surface area contributed by atoms with Gasteiger partial charge in [-0.3, -0.25) is 4.79 Å². The molecule has 1 N–H and O–H groups in total. The number of sulfone groups is 1. The number of hydrogen-bond acceptors (Lipinski definition) is 6. The molecule has 0 saturated carbocycles. The van der Waals surface area contributed by atoms with E-state index in [9.17, 15) is 13.2 Å². The molecule has 1 aromatic carbocycles. The van der Waals surface area contributed by atoms with Crippen LogP contribution in [-0.2, 0) is 16.4 Å². The molecule has 138 valence electrons. The van der Waals surface area contributed by atoms with Crippen LogP contribution in [0.4, 0.5) is 5.82 Å². The summed E-state index contributed by atoms with van der Waals surface area (Å²) >= 11 is 0. The second-order valence-corrected chi connectivity index (χ2v) is 8.83. The van der Waals surface area contributed by atoms with E-state index < -0.39 is 9.84 Å². The predicted molar refractivity (Wildman–Crippen MR) is 99.7 cm³/mol. The van der Waals surface area contributed by atoms with Gasteiger partial charge in [0.25, 0.3) is 5.91 Å². The first kappa shape index (κ1) is 18.3. The van der Waals surface area contributed by atoms with Gasteiger partial charge in [-0.05, 0) is 18.9 Å². The third-order valence-corrected chi connectivity index (χ3v) is 6.31. The predicted octanol–water partition coefficient (Wildman–Crippen LogP) is 1.66. The largest absolute Gasteiger partial charge is 0.366 e. The first-order valence-electron chi connectivity index (χ1n) is 8.43. The van der Waals surface area contributed by atoms with Crippen LogP contribution in [0.15, 0.2) is 36.7 Å². The van der Waals surface area contributed by atoms with Crippen LogP contribution in [0.3, 0.4) is 0 Å². The third-order valence-electron chi connectivity index (χ3n) is 4.56. The number of nitrogens with zero attached hydrogens (tertiary/aromatic N) is 3. The molecule has 1 aliphatic rings. The van der Waals surface area contributed by atoms with E-state index in [1.807, 2.05) is 31.2 Å². The molecule has 0 spiro atoms. The Bertz CT molecular complexity index is 897. The highest BCUT2D eigenvalue weighted by molar-refractivity contribution is 7.91. The number of hydrogen-bond donors (Lipinski definition) is 1. The lowest BCUT2D eigenvalue weighted by Crippen LogP contribution is -2.38. The Labute approximate surface area is 153 Å². The highest BCUT2D eigenvalue weighted by atomic mass is 32.2. The van der Waals surface area contributed by atoms with E-state index in [-0.39, 0.29) is 29.1 Å². The monoisotopic (exact) mass is 374 g/mol. The number of aryl methyl sites for hydroxylation is 1. The summed E-state index contributed by atoms with van der Waals surface area (Å²) in [6.07, 6.45) is 1.80. The lowest BCUT2D eigenvalue weighted by Gasteiger charge is -2.23. The molecule has 2 aromatic rings. The van der Waals surface area contributed by atoms with Gasteiger partial charge in [-0.15, -0.1) is 0 Å². The summed E-state index contributed by atoms with van der Waals surface area (Å²) in [5.74, 6) is 0.394. The van der Waals surface area contributed by atoms with Gasteiger partial charge in [0, 0.05) is 25.7 Å². The van der Waals surface area contributed by atoms with Gasteiger partial charge in [0.05, 0.1) is 11.5 Å². The molecule has 1 atom stereocenters. The van der Waals surface area contributed by atoms with Crippen LogP contribution in [0.25, 0.3) is 0 Å². The van der Waals surface area contributed by atoms with Crippen molar-refractivity contribution in [2.24, 2.45) is 0 Å². The number of benzene rings is 1. The Balaban J connectivity index is 1.66. The van der Waals surface area contributed by atoms with Gasteiger partial charge in [0.2, 0.25) is 0 Å². The molecule has 1 saturated heterocycles. The van der Waals surface area contributed by atoms with E-state index in [0.29, 0.717) is 18.8 Å². The highest BCUT2D eigenvalue weighted by Gasteiger charge is 2.33. The summed E-state index contributed by atoms with van der Waals surface area (Å²) < 4.78 is 23.3. The Hall–Kier alpha value is -2.48. The zero-order valence-electron chi connectivity index (χ0n) is 14.8. The van der Waals surface area contributed by atoms with Crippen molar-refractivity contribution in [3.8, 4) is 0 Å². The minimum atomic E-state index is -3.05. The fourth-order valence-corrected chi connectivity index (χ4v) is 4.67. The Morgan fingerprint density at radius 1 is 1.27 bits per heavy atom. The second kappa shape index (κ2) is 7.41. The molecular formula is C18H22N4O3S.